The Hall–Kier alpha value is -7.36. The van der Waals surface area contributed by atoms with Crippen LogP contribution in [-0.2, 0) is 0 Å². The van der Waals surface area contributed by atoms with Gasteiger partial charge in [0, 0.05) is 28.4 Å². The predicted octanol–water partition coefficient (Wildman–Crippen LogP) is 15.9. The Labute approximate surface area is 353 Å². The highest BCUT2D eigenvalue weighted by Gasteiger charge is 2.22. The fourth-order valence-corrected chi connectivity index (χ4v) is 8.69. The molecule has 0 heterocycles. The number of benzene rings is 9. The summed E-state index contributed by atoms with van der Waals surface area (Å²) in [5.41, 5.74) is 11.5. The second kappa shape index (κ2) is 16.9. The van der Waals surface area contributed by atoms with Crippen molar-refractivity contribution < 1.29 is 5.11 Å². The van der Waals surface area contributed by atoms with E-state index in [0.29, 0.717) is 0 Å². The van der Waals surface area contributed by atoms with E-state index in [9.17, 15) is 5.11 Å². The van der Waals surface area contributed by atoms with Gasteiger partial charge < -0.3 is 14.9 Å². The molecule has 1 aliphatic rings. The molecule has 1 atom stereocenters. The van der Waals surface area contributed by atoms with E-state index in [1.165, 1.54) is 66.0 Å². The first-order valence-electron chi connectivity index (χ1n) is 21.0. The molecule has 3 heteroatoms. The number of phenolic OH excluding ortho intramolecular Hbond substituents is 1. The van der Waals surface area contributed by atoms with Gasteiger partial charge in [-0.05, 0) is 146 Å². The van der Waals surface area contributed by atoms with Crippen molar-refractivity contribution in [2.24, 2.45) is 0 Å². The largest absolute Gasteiger partial charge is 0.508 e. The first kappa shape index (κ1) is 38.2. The quantitative estimate of drug-likeness (QED) is 0.156. The molecule has 0 fully saturated rings. The molecule has 9 aromatic carbocycles. The van der Waals surface area contributed by atoms with Crippen molar-refractivity contribution in [2.75, 3.05) is 9.80 Å². The zero-order valence-corrected chi connectivity index (χ0v) is 34.3. The van der Waals surface area contributed by atoms with Crippen LogP contribution in [0.3, 0.4) is 0 Å². The molecule has 1 aliphatic carbocycles. The number of allylic oxidation sites excluding steroid dienone is 2. The molecule has 1 unspecified atom stereocenters. The summed E-state index contributed by atoms with van der Waals surface area (Å²) in [6.07, 6.45) is 7.87. The third kappa shape index (κ3) is 7.31. The molecule has 0 aromatic heterocycles. The molecule has 0 bridgehead atoms. The van der Waals surface area contributed by atoms with Crippen LogP contribution in [0.1, 0.15) is 31.4 Å². The molecule has 0 amide bonds. The van der Waals surface area contributed by atoms with Crippen molar-refractivity contribution in [2.45, 2.75) is 33.2 Å². The van der Waals surface area contributed by atoms with E-state index in [-0.39, 0.29) is 11.8 Å². The summed E-state index contributed by atoms with van der Waals surface area (Å²) in [6, 6.07) is 68.9. The van der Waals surface area contributed by atoms with Crippen molar-refractivity contribution in [1.82, 2.24) is 0 Å². The van der Waals surface area contributed by atoms with Crippen molar-refractivity contribution in [3.05, 3.63) is 223 Å². The first-order valence-corrected chi connectivity index (χ1v) is 21.0. The van der Waals surface area contributed by atoms with Gasteiger partial charge in [-0.15, -0.1) is 0 Å². The average molecular weight is 777 g/mol. The van der Waals surface area contributed by atoms with Gasteiger partial charge in [0.05, 0.1) is 6.04 Å². The molecule has 0 aliphatic heterocycles. The topological polar surface area (TPSA) is 26.7 Å². The zero-order chi connectivity index (χ0) is 41.0. The van der Waals surface area contributed by atoms with Crippen LogP contribution >= 0.6 is 0 Å². The number of phenols is 1. The van der Waals surface area contributed by atoms with E-state index in [2.05, 4.69) is 205 Å². The van der Waals surface area contributed by atoms with Crippen molar-refractivity contribution >= 4 is 66.3 Å². The van der Waals surface area contributed by atoms with Crippen LogP contribution in [0.4, 0.5) is 28.4 Å². The van der Waals surface area contributed by atoms with Crippen LogP contribution in [0.5, 0.6) is 5.75 Å². The molecular weight excluding hydrogens is 729 g/mol. The predicted molar refractivity (Wildman–Crippen MR) is 257 cm³/mol. The Morgan fingerprint density at radius 2 is 0.933 bits per heavy atom. The van der Waals surface area contributed by atoms with Gasteiger partial charge in [0.15, 0.2) is 0 Å². The standard InChI is InChI=1S/C55H42N2O.C2H6/c1-38-11-5-10-18-55(38)57(43-12-3-2-4-13-43)47-30-21-40(22-31-47)39-19-26-44(27-20-39)56(46-32-34-48(58)35-33-46)45-28-23-41(24-29-45)42-25-36-53-51-16-7-6-14-49(51)50-15-8-9-17-52(50)54(53)37-42;1-2/h2-30,32-37,47,58H,31H2,1H3;1-2H3. The highest BCUT2D eigenvalue weighted by Crippen LogP contribution is 2.40. The summed E-state index contributed by atoms with van der Waals surface area (Å²) >= 11 is 0. The second-order valence-corrected chi connectivity index (χ2v) is 15.1. The maximum absolute atomic E-state index is 10.2. The van der Waals surface area contributed by atoms with Crippen molar-refractivity contribution in [1.29, 1.82) is 0 Å². The highest BCUT2D eigenvalue weighted by molar-refractivity contribution is 6.25. The lowest BCUT2D eigenvalue weighted by atomic mass is 9.92. The van der Waals surface area contributed by atoms with Crippen LogP contribution in [0.15, 0.2) is 212 Å². The third-order valence-corrected chi connectivity index (χ3v) is 11.6. The summed E-state index contributed by atoms with van der Waals surface area (Å²) < 4.78 is 0. The molecule has 9 aromatic rings. The van der Waals surface area contributed by atoms with E-state index in [0.717, 1.165) is 29.0 Å². The second-order valence-electron chi connectivity index (χ2n) is 15.1. The Morgan fingerprint density at radius 1 is 0.450 bits per heavy atom. The van der Waals surface area contributed by atoms with Crippen LogP contribution in [0, 0.1) is 6.92 Å². The number of aromatic hydroxyl groups is 1. The lowest BCUT2D eigenvalue weighted by Gasteiger charge is -2.34. The minimum Gasteiger partial charge on any atom is -0.508 e. The fraction of sp³-hybridized carbons (Fsp3) is 0.0877. The van der Waals surface area contributed by atoms with Gasteiger partial charge >= 0.3 is 0 Å². The van der Waals surface area contributed by atoms with Gasteiger partial charge in [-0.25, -0.2) is 0 Å². The van der Waals surface area contributed by atoms with Crippen LogP contribution < -0.4 is 9.80 Å². The first-order chi connectivity index (χ1) is 29.6. The molecule has 1 N–H and O–H groups in total. The number of rotatable bonds is 8. The van der Waals surface area contributed by atoms with Gasteiger partial charge in [0.25, 0.3) is 0 Å². The van der Waals surface area contributed by atoms with Gasteiger partial charge in [-0.1, -0.05) is 153 Å². The van der Waals surface area contributed by atoms with Gasteiger partial charge in [0.1, 0.15) is 5.75 Å². The summed E-state index contributed by atoms with van der Waals surface area (Å²) in [5, 5.41) is 17.8. The Bertz CT molecular complexity index is 2950. The maximum Gasteiger partial charge on any atom is 0.115 e. The smallest absolute Gasteiger partial charge is 0.115 e. The Balaban J connectivity index is 0.00000228. The Morgan fingerprint density at radius 3 is 1.50 bits per heavy atom. The van der Waals surface area contributed by atoms with Gasteiger partial charge in [-0.2, -0.15) is 0 Å². The van der Waals surface area contributed by atoms with E-state index in [1.807, 2.05) is 26.0 Å². The molecule has 10 rings (SSSR count). The molecule has 0 saturated heterocycles. The molecular formula is C57H48N2O. The number of anilines is 5. The van der Waals surface area contributed by atoms with Crippen molar-refractivity contribution in [3.8, 4) is 16.9 Å². The molecule has 292 valence electrons. The number of para-hydroxylation sites is 2. The van der Waals surface area contributed by atoms with Gasteiger partial charge in [-0.3, -0.25) is 0 Å². The molecule has 60 heavy (non-hydrogen) atoms. The summed E-state index contributed by atoms with van der Waals surface area (Å²) in [7, 11) is 0. The SMILES string of the molecule is CC.Cc1ccccc1N(c1ccccc1)C1C=CC(c2ccc(N(c3ccc(O)cc3)c3ccc(-c4ccc5c6ccccc6c6ccccc6c5c4)cc3)cc2)=CC1. The number of aryl methyl sites for hydroxylation is 1. The third-order valence-electron chi connectivity index (χ3n) is 11.6. The maximum atomic E-state index is 10.2. The number of hydrogen-bond donors (Lipinski definition) is 1. The monoisotopic (exact) mass is 776 g/mol. The lowest BCUT2D eigenvalue weighted by molar-refractivity contribution is 0.475. The molecule has 3 nitrogen and oxygen atoms in total. The zero-order valence-electron chi connectivity index (χ0n) is 34.3. The summed E-state index contributed by atoms with van der Waals surface area (Å²) in [6.45, 7) is 6.18. The Kier molecular flexibility index (Phi) is 10.7. The summed E-state index contributed by atoms with van der Waals surface area (Å²) in [5.74, 6) is 0.244. The minimum atomic E-state index is 0.202. The van der Waals surface area contributed by atoms with Crippen LogP contribution in [0.25, 0.3) is 49.0 Å². The van der Waals surface area contributed by atoms with Gasteiger partial charge in [0.2, 0.25) is 0 Å². The molecule has 0 saturated carbocycles. The van der Waals surface area contributed by atoms with E-state index in [4.69, 9.17) is 0 Å². The normalized spacial score (nSPS) is 13.4. The van der Waals surface area contributed by atoms with Crippen LogP contribution in [-0.4, -0.2) is 11.1 Å². The number of nitrogens with zero attached hydrogens (tertiary/aromatic N) is 2. The summed E-state index contributed by atoms with van der Waals surface area (Å²) in [4.78, 5) is 4.70. The minimum absolute atomic E-state index is 0.202. The molecule has 0 spiro atoms. The average Bonchev–Trinajstić information content (AvgIpc) is 3.32. The highest BCUT2D eigenvalue weighted by atomic mass is 16.3. The number of fused-ring (bicyclic) bond motifs is 6. The number of hydrogen-bond acceptors (Lipinski definition) is 3. The molecule has 0 radical (unpaired) electrons. The van der Waals surface area contributed by atoms with Crippen LogP contribution in [0.2, 0.25) is 0 Å². The van der Waals surface area contributed by atoms with E-state index >= 15 is 0 Å². The van der Waals surface area contributed by atoms with Crippen molar-refractivity contribution in [3.63, 3.8) is 0 Å². The fourth-order valence-electron chi connectivity index (χ4n) is 8.69. The van der Waals surface area contributed by atoms with E-state index < -0.39 is 0 Å². The van der Waals surface area contributed by atoms with E-state index in [1.54, 1.807) is 12.1 Å². The lowest BCUT2D eigenvalue weighted by Crippen LogP contribution is -2.30.